The van der Waals surface area contributed by atoms with Crippen molar-refractivity contribution >= 4 is 48.2 Å². The molecule has 2 heterocycles. The number of hydrogen-bond donors (Lipinski definition) is 1. The van der Waals surface area contributed by atoms with E-state index in [2.05, 4.69) is 152 Å². The van der Waals surface area contributed by atoms with E-state index in [0.717, 1.165) is 34.3 Å². The number of carbonyl (C=O) groups is 1. The molecule has 1 N–H and O–H groups in total. The summed E-state index contributed by atoms with van der Waals surface area (Å²) in [7, 11) is 0. The van der Waals surface area contributed by atoms with Crippen molar-refractivity contribution < 1.29 is 30.0 Å². The number of thiophene rings is 1. The molecule has 0 aliphatic heterocycles. The van der Waals surface area contributed by atoms with E-state index in [1.807, 2.05) is 11.3 Å². The zero-order valence-corrected chi connectivity index (χ0v) is 39.3. The summed E-state index contributed by atoms with van der Waals surface area (Å²) in [5, 5.41) is 14.1. The Bertz CT molecular complexity index is 2160. The first-order valence-electron chi connectivity index (χ1n) is 20.1. The summed E-state index contributed by atoms with van der Waals surface area (Å²) in [6.07, 6.45) is 5.38. The predicted molar refractivity (Wildman–Crippen MR) is 233 cm³/mol. The maximum atomic E-state index is 12.3. The van der Waals surface area contributed by atoms with Crippen LogP contribution in [-0.2, 0) is 42.2 Å². The number of aliphatic hydroxyl groups excluding tert-OH is 1. The van der Waals surface area contributed by atoms with Gasteiger partial charge in [-0.25, -0.2) is 4.98 Å². The molecule has 1 radical (unpaired) electrons. The number of ketones is 1. The van der Waals surface area contributed by atoms with Gasteiger partial charge in [0.2, 0.25) is 0 Å². The van der Waals surface area contributed by atoms with Gasteiger partial charge in [-0.3, -0.25) is 9.78 Å². The van der Waals surface area contributed by atoms with Crippen LogP contribution in [0.2, 0.25) is 0 Å². The molecule has 3 aromatic carbocycles. The van der Waals surface area contributed by atoms with E-state index in [0.29, 0.717) is 23.7 Å². The van der Waals surface area contributed by atoms with Crippen molar-refractivity contribution in [2.45, 2.75) is 128 Å². The van der Waals surface area contributed by atoms with Gasteiger partial charge in [-0.05, 0) is 64.4 Å². The second-order valence-corrected chi connectivity index (χ2v) is 20.9. The van der Waals surface area contributed by atoms with E-state index < -0.39 is 0 Å². The Morgan fingerprint density at radius 2 is 1.45 bits per heavy atom. The Kier molecular flexibility index (Phi) is 13.8. The van der Waals surface area contributed by atoms with Gasteiger partial charge in [0.25, 0.3) is 0 Å². The molecule has 0 saturated heterocycles. The van der Waals surface area contributed by atoms with Crippen LogP contribution in [0.15, 0.2) is 60.6 Å². The van der Waals surface area contributed by atoms with Gasteiger partial charge in [0, 0.05) is 58.5 Å². The molecule has 0 amide bonds. The van der Waals surface area contributed by atoms with Crippen LogP contribution < -0.4 is 0 Å². The number of fused-ring (bicyclic) bond motifs is 3. The average Bonchev–Trinajstić information content (AvgIpc) is 3.39. The molecule has 1 aliphatic rings. The molecule has 0 bridgehead atoms. The fourth-order valence-electron chi connectivity index (χ4n) is 9.62. The molecule has 0 spiro atoms. The third-order valence-corrected chi connectivity index (χ3v) is 12.5. The monoisotopic (exact) mass is 938 g/mol. The number of rotatable bonds is 9. The van der Waals surface area contributed by atoms with Crippen LogP contribution in [0.4, 0.5) is 0 Å². The summed E-state index contributed by atoms with van der Waals surface area (Å²) >= 11 is 1.81. The maximum Gasteiger partial charge on any atom is 0.162 e. The molecule has 55 heavy (non-hydrogen) atoms. The SMILES string of the molecule is CC(C)(C)Cc1ccc2c(c1)sc1c(-c3[c-]c4cccc5c4c(c3)C(C)(C)CC5(C)C)ncnc12.CC(C)C(C(=O)/C=C(\O)C(C(C)C)C(C)C)C(C)C.[Ir]. The first kappa shape index (κ1) is 44.8. The first-order chi connectivity index (χ1) is 25.0. The Morgan fingerprint density at radius 1 is 0.855 bits per heavy atom. The summed E-state index contributed by atoms with van der Waals surface area (Å²) in [5.41, 5.74) is 7.83. The van der Waals surface area contributed by atoms with Crippen molar-refractivity contribution in [3.05, 3.63) is 83.4 Å². The van der Waals surface area contributed by atoms with Gasteiger partial charge in [0.1, 0.15) is 6.33 Å². The van der Waals surface area contributed by atoms with Gasteiger partial charge in [-0.2, -0.15) is 0 Å². The first-order valence-corrected chi connectivity index (χ1v) is 20.9. The van der Waals surface area contributed by atoms with Gasteiger partial charge in [-0.15, -0.1) is 40.5 Å². The Labute approximate surface area is 349 Å². The number of nitrogens with zero attached hydrogens (tertiary/aromatic N) is 2. The minimum absolute atomic E-state index is 0. The Balaban J connectivity index is 0.000000290. The van der Waals surface area contributed by atoms with Crippen LogP contribution >= 0.6 is 11.3 Å². The summed E-state index contributed by atoms with van der Waals surface area (Å²) in [6, 6.07) is 19.7. The topological polar surface area (TPSA) is 63.1 Å². The Morgan fingerprint density at radius 3 is 2.04 bits per heavy atom. The van der Waals surface area contributed by atoms with Gasteiger partial charge in [0.15, 0.2) is 5.78 Å². The molecular formula is C49H65IrN2O2S-. The maximum absolute atomic E-state index is 12.3. The van der Waals surface area contributed by atoms with Crippen LogP contribution in [0.25, 0.3) is 42.3 Å². The molecule has 6 rings (SSSR count). The van der Waals surface area contributed by atoms with Crippen LogP contribution in [0, 0.1) is 47.0 Å². The normalized spacial score (nSPS) is 15.5. The van der Waals surface area contributed by atoms with Crippen molar-refractivity contribution in [1.82, 2.24) is 9.97 Å². The molecule has 299 valence electrons. The van der Waals surface area contributed by atoms with E-state index in [1.54, 1.807) is 6.33 Å². The fraction of sp³-hybridized carbons (Fsp3) is 0.531. The minimum Gasteiger partial charge on any atom is -0.512 e. The molecule has 2 aromatic heterocycles. The van der Waals surface area contributed by atoms with E-state index in [4.69, 9.17) is 9.97 Å². The predicted octanol–water partition coefficient (Wildman–Crippen LogP) is 13.9. The molecule has 1 aliphatic carbocycles. The number of hydrogen-bond acceptors (Lipinski definition) is 5. The van der Waals surface area contributed by atoms with Crippen LogP contribution in [0.5, 0.6) is 0 Å². The fourth-order valence-corrected chi connectivity index (χ4v) is 10.8. The smallest absolute Gasteiger partial charge is 0.162 e. The van der Waals surface area contributed by atoms with E-state index in [-0.39, 0.29) is 59.7 Å². The summed E-state index contributed by atoms with van der Waals surface area (Å²) < 4.78 is 2.44. The molecule has 0 fully saturated rings. The average molecular weight is 938 g/mol. The quantitative estimate of drug-likeness (QED) is 0.0909. The summed E-state index contributed by atoms with van der Waals surface area (Å²) in [6.45, 7) is 33.0. The number of benzene rings is 3. The Hall–Kier alpha value is -2.92. The molecule has 4 nitrogen and oxygen atoms in total. The van der Waals surface area contributed by atoms with Gasteiger partial charge < -0.3 is 5.11 Å². The van der Waals surface area contributed by atoms with E-state index in [9.17, 15) is 9.90 Å². The molecular weight excluding hydrogens is 873 g/mol. The number of aliphatic hydroxyl groups is 1. The summed E-state index contributed by atoms with van der Waals surface area (Å²) in [4.78, 5) is 21.9. The van der Waals surface area contributed by atoms with Crippen molar-refractivity contribution in [1.29, 1.82) is 0 Å². The zero-order valence-electron chi connectivity index (χ0n) is 36.1. The summed E-state index contributed by atoms with van der Waals surface area (Å²) in [5.74, 6) is 1.63. The van der Waals surface area contributed by atoms with Crippen LogP contribution in [0.1, 0.15) is 127 Å². The number of allylic oxidation sites excluding steroid dienone is 2. The van der Waals surface area contributed by atoms with Gasteiger partial charge in [-0.1, -0.05) is 145 Å². The van der Waals surface area contributed by atoms with Gasteiger partial charge in [0.05, 0.1) is 11.3 Å². The van der Waals surface area contributed by atoms with Crippen molar-refractivity contribution in [3.8, 4) is 11.3 Å². The molecule has 5 aromatic rings. The van der Waals surface area contributed by atoms with Crippen molar-refractivity contribution in [2.24, 2.45) is 40.9 Å². The molecule has 0 unspecified atom stereocenters. The largest absolute Gasteiger partial charge is 0.512 e. The number of carbonyl (C=O) groups excluding carboxylic acids is 1. The molecule has 0 atom stereocenters. The van der Waals surface area contributed by atoms with Crippen molar-refractivity contribution in [3.63, 3.8) is 0 Å². The zero-order chi connectivity index (χ0) is 40.1. The van der Waals surface area contributed by atoms with Crippen molar-refractivity contribution in [2.75, 3.05) is 0 Å². The van der Waals surface area contributed by atoms with Gasteiger partial charge >= 0.3 is 0 Å². The number of aromatic nitrogens is 2. The minimum atomic E-state index is -0.0119. The standard InChI is InChI=1S/C32H33N2S.C17H32O2.Ir/c1-30(2,3)16-19-11-12-22-25(13-19)35-29-27(33-18-34-28(22)29)21-14-20-9-8-10-23-26(20)24(15-21)32(6,7)17-31(23,4)5;1-10(2)16(11(3)4)14(18)9-15(19)17(12(5)6)13(7)8;/h8-13,15,18H,16-17H2,1-7H3;9-13,16-18H,1-8H3;/q-1;;/b;14-9-;. The molecule has 0 saturated carbocycles. The van der Waals surface area contributed by atoms with E-state index >= 15 is 0 Å². The third kappa shape index (κ3) is 9.62. The van der Waals surface area contributed by atoms with E-state index in [1.165, 1.54) is 43.6 Å². The van der Waals surface area contributed by atoms with Crippen LogP contribution in [0.3, 0.4) is 0 Å². The third-order valence-electron chi connectivity index (χ3n) is 11.4. The van der Waals surface area contributed by atoms with Crippen LogP contribution in [-0.4, -0.2) is 20.9 Å². The molecule has 6 heteroatoms. The second-order valence-electron chi connectivity index (χ2n) is 19.8. The second kappa shape index (κ2) is 16.9.